The van der Waals surface area contributed by atoms with E-state index in [1.54, 1.807) is 30.3 Å². The number of benzene rings is 2. The topological polar surface area (TPSA) is 66.4 Å². The predicted octanol–water partition coefficient (Wildman–Crippen LogP) is 2.64. The Balaban J connectivity index is 1.92. The highest BCUT2D eigenvalue weighted by atomic mass is 16.3. The van der Waals surface area contributed by atoms with Crippen molar-refractivity contribution < 1.29 is 14.7 Å². The Morgan fingerprint density at radius 2 is 1.78 bits per heavy atom. The average molecular weight is 309 g/mol. The molecule has 0 aromatic heterocycles. The van der Waals surface area contributed by atoms with E-state index in [4.69, 9.17) is 0 Å². The number of carbonyl (C=O) groups is 2. The molecular weight excluding hydrogens is 290 g/mol. The van der Waals surface area contributed by atoms with Gasteiger partial charge in [-0.2, -0.15) is 0 Å². The van der Waals surface area contributed by atoms with Gasteiger partial charge in [-0.25, -0.2) is 0 Å². The molecule has 4 nitrogen and oxygen atoms in total. The lowest BCUT2D eigenvalue weighted by Gasteiger charge is -2.11. The van der Waals surface area contributed by atoms with E-state index in [0.29, 0.717) is 12.7 Å². The molecule has 0 heterocycles. The third-order valence-electron chi connectivity index (χ3n) is 3.39. The van der Waals surface area contributed by atoms with E-state index < -0.39 is 6.04 Å². The summed E-state index contributed by atoms with van der Waals surface area (Å²) >= 11 is 0. The van der Waals surface area contributed by atoms with Gasteiger partial charge < -0.3 is 15.2 Å². The highest BCUT2D eigenvalue weighted by molar-refractivity contribution is 5.93. The molecule has 118 valence electrons. The molecular formula is C19H19NO3. The maximum atomic E-state index is 11.9. The number of nitrogens with one attached hydrogen (secondary N) is 1. The lowest BCUT2D eigenvalue weighted by Crippen LogP contribution is -2.36. The van der Waals surface area contributed by atoms with E-state index >= 15 is 0 Å². The molecule has 0 fully saturated rings. The molecule has 2 aromatic rings. The van der Waals surface area contributed by atoms with Crippen LogP contribution in [0.25, 0.3) is 6.08 Å². The molecule has 0 unspecified atom stereocenters. The van der Waals surface area contributed by atoms with E-state index in [1.807, 2.05) is 31.2 Å². The molecule has 0 bridgehead atoms. The molecule has 2 N–H and O–H groups in total. The molecule has 1 amide bonds. The Hall–Kier alpha value is -2.88. The van der Waals surface area contributed by atoms with Crippen LogP contribution in [0.3, 0.4) is 0 Å². The van der Waals surface area contributed by atoms with E-state index in [-0.39, 0.29) is 11.7 Å². The maximum absolute atomic E-state index is 11.9. The van der Waals surface area contributed by atoms with Crippen molar-refractivity contribution in [1.29, 1.82) is 0 Å². The first-order valence-electron chi connectivity index (χ1n) is 7.35. The first kappa shape index (κ1) is 16.5. The molecule has 2 aromatic carbocycles. The van der Waals surface area contributed by atoms with Gasteiger partial charge in [-0.05, 0) is 42.7 Å². The van der Waals surface area contributed by atoms with Gasteiger partial charge in [-0.15, -0.1) is 0 Å². The zero-order chi connectivity index (χ0) is 16.7. The highest BCUT2D eigenvalue weighted by Gasteiger charge is 2.10. The Labute approximate surface area is 135 Å². The molecule has 4 heteroatoms. The van der Waals surface area contributed by atoms with Crippen LogP contribution in [0.15, 0.2) is 54.6 Å². The van der Waals surface area contributed by atoms with Crippen LogP contribution in [0.1, 0.15) is 16.7 Å². The maximum Gasteiger partial charge on any atom is 0.244 e. The lowest BCUT2D eigenvalue weighted by molar-refractivity contribution is -0.120. The highest BCUT2D eigenvalue weighted by Crippen LogP contribution is 2.11. The van der Waals surface area contributed by atoms with Gasteiger partial charge >= 0.3 is 0 Å². The third-order valence-corrected chi connectivity index (χ3v) is 3.39. The third kappa shape index (κ3) is 5.43. The number of hydrogen-bond donors (Lipinski definition) is 2. The van der Waals surface area contributed by atoms with E-state index in [0.717, 1.165) is 16.7 Å². The molecule has 0 radical (unpaired) electrons. The predicted molar refractivity (Wildman–Crippen MR) is 90.0 cm³/mol. The summed E-state index contributed by atoms with van der Waals surface area (Å²) in [5.41, 5.74) is 2.94. The van der Waals surface area contributed by atoms with Gasteiger partial charge in [-0.3, -0.25) is 4.79 Å². The zero-order valence-electron chi connectivity index (χ0n) is 12.9. The number of carbonyl (C=O) groups excluding carboxylic acids is 2. The Bertz CT molecular complexity index is 688. The number of hydrogen-bond acceptors (Lipinski definition) is 3. The molecule has 0 aliphatic carbocycles. The molecule has 0 aliphatic rings. The molecule has 0 aliphatic heterocycles. The number of amides is 1. The summed E-state index contributed by atoms with van der Waals surface area (Å²) < 4.78 is 0. The molecule has 1 atom stereocenters. The number of rotatable bonds is 6. The van der Waals surface area contributed by atoms with Crippen LogP contribution in [0.2, 0.25) is 0 Å². The quantitative estimate of drug-likeness (QED) is 0.637. The molecule has 0 saturated heterocycles. The normalized spacial score (nSPS) is 12.0. The Kier molecular flexibility index (Phi) is 5.69. The molecule has 2 rings (SSSR count). The fraction of sp³-hybridized carbons (Fsp3) is 0.158. The van der Waals surface area contributed by atoms with Crippen molar-refractivity contribution in [3.63, 3.8) is 0 Å². The van der Waals surface area contributed by atoms with Gasteiger partial charge in [0.25, 0.3) is 0 Å². The van der Waals surface area contributed by atoms with Gasteiger partial charge in [-0.1, -0.05) is 42.0 Å². The van der Waals surface area contributed by atoms with Crippen molar-refractivity contribution in [3.8, 4) is 5.75 Å². The first-order chi connectivity index (χ1) is 11.1. The van der Waals surface area contributed by atoms with Crippen LogP contribution in [0.4, 0.5) is 0 Å². The number of aldehydes is 1. The number of phenols is 1. The summed E-state index contributed by atoms with van der Waals surface area (Å²) in [6, 6.07) is 13.7. The van der Waals surface area contributed by atoms with Crippen LogP contribution in [-0.2, 0) is 16.0 Å². The van der Waals surface area contributed by atoms with E-state index in [1.165, 1.54) is 6.08 Å². The zero-order valence-corrected chi connectivity index (χ0v) is 12.9. The first-order valence-corrected chi connectivity index (χ1v) is 7.35. The minimum Gasteiger partial charge on any atom is -0.508 e. The summed E-state index contributed by atoms with van der Waals surface area (Å²) in [5.74, 6) is -0.150. The fourth-order valence-electron chi connectivity index (χ4n) is 2.10. The van der Waals surface area contributed by atoms with Gasteiger partial charge in [0.2, 0.25) is 5.91 Å². The average Bonchev–Trinajstić information content (AvgIpc) is 2.55. The van der Waals surface area contributed by atoms with E-state index in [9.17, 15) is 14.7 Å². The number of aryl methyl sites for hydroxylation is 1. The monoisotopic (exact) mass is 309 g/mol. The standard InChI is InChI=1S/C19H19NO3/c1-14-2-4-15(5-3-14)8-11-19(23)20-17(13-21)12-16-6-9-18(22)10-7-16/h2-11,13,17,22H,12H2,1H3,(H,20,23)/b11-8+/t17-/m0/s1. The van der Waals surface area contributed by atoms with Crippen molar-refractivity contribution in [3.05, 3.63) is 71.3 Å². The van der Waals surface area contributed by atoms with Crippen molar-refractivity contribution in [2.24, 2.45) is 0 Å². The minimum absolute atomic E-state index is 0.168. The van der Waals surface area contributed by atoms with Crippen molar-refractivity contribution in [2.45, 2.75) is 19.4 Å². The van der Waals surface area contributed by atoms with Crippen LogP contribution in [0.5, 0.6) is 5.75 Å². The lowest BCUT2D eigenvalue weighted by atomic mass is 10.1. The van der Waals surface area contributed by atoms with Gasteiger partial charge in [0.15, 0.2) is 0 Å². The van der Waals surface area contributed by atoms with Crippen molar-refractivity contribution in [1.82, 2.24) is 5.32 Å². The summed E-state index contributed by atoms with van der Waals surface area (Å²) in [5, 5.41) is 11.9. The summed E-state index contributed by atoms with van der Waals surface area (Å²) in [7, 11) is 0. The molecule has 23 heavy (non-hydrogen) atoms. The van der Waals surface area contributed by atoms with Crippen LogP contribution in [0, 0.1) is 6.92 Å². The van der Waals surface area contributed by atoms with Crippen LogP contribution >= 0.6 is 0 Å². The van der Waals surface area contributed by atoms with Crippen molar-refractivity contribution >= 4 is 18.3 Å². The van der Waals surface area contributed by atoms with E-state index in [2.05, 4.69) is 5.32 Å². The Morgan fingerprint density at radius 1 is 1.13 bits per heavy atom. The fourth-order valence-corrected chi connectivity index (χ4v) is 2.10. The summed E-state index contributed by atoms with van der Waals surface area (Å²) in [6.45, 7) is 2.00. The Morgan fingerprint density at radius 3 is 2.39 bits per heavy atom. The largest absolute Gasteiger partial charge is 0.508 e. The minimum atomic E-state index is -0.602. The number of aromatic hydroxyl groups is 1. The van der Waals surface area contributed by atoms with Gasteiger partial charge in [0.05, 0.1) is 6.04 Å². The SMILES string of the molecule is Cc1ccc(/C=C/C(=O)N[C@H](C=O)Cc2ccc(O)cc2)cc1. The van der Waals surface area contributed by atoms with Gasteiger partial charge in [0.1, 0.15) is 12.0 Å². The summed E-state index contributed by atoms with van der Waals surface area (Å²) in [6.07, 6.45) is 4.22. The molecule has 0 saturated carbocycles. The molecule has 0 spiro atoms. The second kappa shape index (κ2) is 7.94. The summed E-state index contributed by atoms with van der Waals surface area (Å²) in [4.78, 5) is 23.0. The second-order valence-corrected chi connectivity index (χ2v) is 5.37. The number of phenolic OH excluding ortho intramolecular Hbond substituents is 1. The second-order valence-electron chi connectivity index (χ2n) is 5.37. The van der Waals surface area contributed by atoms with Gasteiger partial charge in [0, 0.05) is 6.08 Å². The van der Waals surface area contributed by atoms with Crippen LogP contribution in [-0.4, -0.2) is 23.3 Å². The van der Waals surface area contributed by atoms with Crippen molar-refractivity contribution in [2.75, 3.05) is 0 Å². The van der Waals surface area contributed by atoms with Crippen LogP contribution < -0.4 is 5.32 Å². The smallest absolute Gasteiger partial charge is 0.244 e.